The first-order chi connectivity index (χ1) is 23.1. The number of hydrogen-bond acceptors (Lipinski definition) is 10. The Balaban J connectivity index is 1.29. The monoisotopic (exact) mass is 638 g/mol. The molecule has 6 rings (SSSR count). The van der Waals surface area contributed by atoms with Crippen molar-refractivity contribution in [2.45, 2.75) is 51.4 Å². The summed E-state index contributed by atoms with van der Waals surface area (Å²) in [4.78, 5) is 11.6. The van der Waals surface area contributed by atoms with Crippen LogP contribution >= 0.6 is 0 Å². The molecule has 0 bridgehead atoms. The topological polar surface area (TPSA) is 106 Å². The lowest BCUT2D eigenvalue weighted by Crippen LogP contribution is -2.25. The van der Waals surface area contributed by atoms with Gasteiger partial charge in [0.2, 0.25) is 0 Å². The zero-order valence-corrected chi connectivity index (χ0v) is 27.5. The molecule has 1 aliphatic carbocycles. The first kappa shape index (κ1) is 32.1. The highest BCUT2D eigenvalue weighted by Crippen LogP contribution is 2.36. The highest BCUT2D eigenvalue weighted by Gasteiger charge is 2.28. The van der Waals surface area contributed by atoms with E-state index in [1.54, 1.807) is 34.8 Å². The fourth-order valence-corrected chi connectivity index (χ4v) is 6.37. The first-order valence-corrected chi connectivity index (χ1v) is 15.9. The summed E-state index contributed by atoms with van der Waals surface area (Å²) in [5, 5.41) is 9.34. The molecule has 0 spiro atoms. The van der Waals surface area contributed by atoms with Gasteiger partial charge in [-0.05, 0) is 55.0 Å². The Hall–Kier alpha value is -4.90. The average molecular weight is 639 g/mol. The number of anilines is 1. The van der Waals surface area contributed by atoms with Crippen LogP contribution in [0, 0.1) is 5.92 Å². The van der Waals surface area contributed by atoms with Gasteiger partial charge >= 0.3 is 0 Å². The van der Waals surface area contributed by atoms with Gasteiger partial charge in [0, 0.05) is 43.0 Å². The van der Waals surface area contributed by atoms with Crippen LogP contribution < -0.4 is 23.8 Å². The molecule has 11 heteroatoms. The van der Waals surface area contributed by atoms with E-state index in [4.69, 9.17) is 33.7 Å². The summed E-state index contributed by atoms with van der Waals surface area (Å²) >= 11 is 0. The maximum absolute atomic E-state index is 6.13. The first-order valence-electron chi connectivity index (χ1n) is 15.9. The predicted molar refractivity (Wildman–Crippen MR) is 179 cm³/mol. The van der Waals surface area contributed by atoms with Crippen molar-refractivity contribution in [2.75, 3.05) is 39.9 Å². The molecular formula is C36H42N6O5. The zero-order valence-electron chi connectivity index (χ0n) is 27.5. The molecule has 0 aliphatic heterocycles. The number of fused-ring (bicyclic) bond motifs is 1. The minimum atomic E-state index is 0.179. The number of rotatable bonds is 14. The van der Waals surface area contributed by atoms with E-state index in [1.807, 2.05) is 59.3 Å². The molecule has 0 saturated heterocycles. The molecule has 2 aromatic heterocycles. The quantitative estimate of drug-likeness (QED) is 0.135. The van der Waals surface area contributed by atoms with E-state index in [0.717, 1.165) is 60.6 Å². The Morgan fingerprint density at radius 2 is 1.47 bits per heavy atom. The Bertz CT molecular complexity index is 1710. The molecule has 5 aromatic rings. The Morgan fingerprint density at radius 3 is 2.11 bits per heavy atom. The van der Waals surface area contributed by atoms with Crippen LogP contribution in [0.2, 0.25) is 0 Å². The third kappa shape index (κ3) is 7.41. The second kappa shape index (κ2) is 15.1. The van der Waals surface area contributed by atoms with Crippen molar-refractivity contribution < 1.29 is 23.7 Å². The van der Waals surface area contributed by atoms with Gasteiger partial charge in [0.15, 0.2) is 17.0 Å². The van der Waals surface area contributed by atoms with Gasteiger partial charge in [0.25, 0.3) is 0 Å². The van der Waals surface area contributed by atoms with E-state index < -0.39 is 0 Å². The van der Waals surface area contributed by atoms with Crippen molar-refractivity contribution in [3.63, 3.8) is 0 Å². The largest absolute Gasteiger partial charge is 0.497 e. The third-order valence-corrected chi connectivity index (χ3v) is 8.82. The molecule has 0 N–H and O–H groups in total. The molecule has 3 aromatic carbocycles. The van der Waals surface area contributed by atoms with Crippen molar-refractivity contribution in [1.82, 2.24) is 25.0 Å². The highest BCUT2D eigenvalue weighted by molar-refractivity contribution is 5.82. The number of hydrogen-bond donors (Lipinski definition) is 0. The minimum Gasteiger partial charge on any atom is -0.497 e. The van der Waals surface area contributed by atoms with E-state index in [0.29, 0.717) is 48.4 Å². The van der Waals surface area contributed by atoms with Gasteiger partial charge in [-0.2, -0.15) is 0 Å². The Labute approximate surface area is 275 Å². The predicted octanol–water partition coefficient (Wildman–Crippen LogP) is 6.41. The smallest absolute Gasteiger partial charge is 0.184 e. The molecule has 2 heterocycles. The number of ether oxygens (including phenoxy) is 5. The summed E-state index contributed by atoms with van der Waals surface area (Å²) in [5.41, 5.74) is 4.49. The van der Waals surface area contributed by atoms with Gasteiger partial charge < -0.3 is 28.6 Å². The van der Waals surface area contributed by atoms with Crippen molar-refractivity contribution in [3.8, 4) is 23.0 Å². The summed E-state index contributed by atoms with van der Waals surface area (Å²) in [5.74, 6) is 3.99. The second-order valence-electron chi connectivity index (χ2n) is 11.8. The normalized spacial score (nSPS) is 16.2. The molecule has 1 fully saturated rings. The van der Waals surface area contributed by atoms with Crippen LogP contribution in [0.15, 0.2) is 73.1 Å². The van der Waals surface area contributed by atoms with Crippen molar-refractivity contribution in [2.24, 2.45) is 5.92 Å². The van der Waals surface area contributed by atoms with E-state index >= 15 is 0 Å². The summed E-state index contributed by atoms with van der Waals surface area (Å²) in [6.07, 6.45) is 5.82. The zero-order chi connectivity index (χ0) is 32.6. The lowest BCUT2D eigenvalue weighted by molar-refractivity contribution is 0.0640. The fourth-order valence-electron chi connectivity index (χ4n) is 6.37. The number of methoxy groups -OCH3 is 4. The van der Waals surface area contributed by atoms with Crippen molar-refractivity contribution in [3.05, 3.63) is 89.7 Å². The third-order valence-electron chi connectivity index (χ3n) is 8.82. The Kier molecular flexibility index (Phi) is 10.3. The molecule has 246 valence electrons. The van der Waals surface area contributed by atoms with Crippen LogP contribution in [0.3, 0.4) is 0 Å². The fraction of sp³-hybridized carbons (Fsp3) is 0.389. The van der Waals surface area contributed by atoms with Gasteiger partial charge in [-0.25, -0.2) is 14.6 Å². The van der Waals surface area contributed by atoms with Crippen LogP contribution in [-0.2, 0) is 24.4 Å². The average Bonchev–Trinajstić information content (AvgIpc) is 3.57. The summed E-state index contributed by atoms with van der Waals surface area (Å²) in [6.45, 7) is 2.30. The number of aromatic nitrogens is 5. The van der Waals surface area contributed by atoms with Crippen molar-refractivity contribution in [1.29, 1.82) is 0 Å². The maximum Gasteiger partial charge on any atom is 0.184 e. The molecule has 0 amide bonds. The van der Waals surface area contributed by atoms with Crippen LogP contribution in [0.4, 0.5) is 5.82 Å². The maximum atomic E-state index is 6.13. The van der Waals surface area contributed by atoms with Gasteiger partial charge in [-0.3, -0.25) is 0 Å². The van der Waals surface area contributed by atoms with Crippen LogP contribution in [0.1, 0.15) is 48.4 Å². The summed E-state index contributed by atoms with van der Waals surface area (Å²) < 4.78 is 30.5. The van der Waals surface area contributed by atoms with E-state index in [-0.39, 0.29) is 6.04 Å². The summed E-state index contributed by atoms with van der Waals surface area (Å²) in [7, 11) is 6.61. The molecule has 11 nitrogen and oxygen atoms in total. The molecule has 0 radical (unpaired) electrons. The standard InChI is InChI=1S/C36H42N6O5/c1-43-30-15-13-27(32(18-30)45-3)20-41(21-28-14-16-31(44-2)19-33(28)46-4)35-34-36(38-24-37-35)42(40-39-34)29-12-8-11-26(17-29)23-47-22-25-9-6-5-7-10-25/h5-7,9-10,13-16,18-19,24,26,29H,8,11-12,17,20-23H2,1-4H3/t26-,29+/m1/s1. The SMILES string of the molecule is COc1ccc(CN(Cc2ccc(OC)cc2OC)c2ncnc3c2nnn3[C@H]2CCC[C@@H](COCc3ccccc3)C2)c(OC)c1. The lowest BCUT2D eigenvalue weighted by Gasteiger charge is -2.29. The minimum absolute atomic E-state index is 0.179. The number of benzene rings is 3. The molecule has 1 saturated carbocycles. The molecular weight excluding hydrogens is 596 g/mol. The second-order valence-corrected chi connectivity index (χ2v) is 11.8. The van der Waals surface area contributed by atoms with Crippen LogP contribution in [-0.4, -0.2) is 60.0 Å². The molecule has 47 heavy (non-hydrogen) atoms. The number of nitrogens with zero attached hydrogens (tertiary/aromatic N) is 6. The van der Waals surface area contributed by atoms with E-state index in [9.17, 15) is 0 Å². The van der Waals surface area contributed by atoms with Gasteiger partial charge in [-0.15, -0.1) is 5.10 Å². The van der Waals surface area contributed by atoms with Gasteiger partial charge in [-0.1, -0.05) is 42.0 Å². The molecule has 2 atom stereocenters. The van der Waals surface area contributed by atoms with E-state index in [2.05, 4.69) is 27.3 Å². The van der Waals surface area contributed by atoms with Gasteiger partial charge in [0.05, 0.1) is 41.1 Å². The summed E-state index contributed by atoms with van der Waals surface area (Å²) in [6, 6.07) is 22.1. The van der Waals surface area contributed by atoms with Crippen LogP contribution in [0.25, 0.3) is 11.2 Å². The molecule has 0 unspecified atom stereocenters. The van der Waals surface area contributed by atoms with Crippen molar-refractivity contribution >= 4 is 17.0 Å². The lowest BCUT2D eigenvalue weighted by atomic mass is 9.86. The highest BCUT2D eigenvalue weighted by atomic mass is 16.5. The Morgan fingerprint density at radius 1 is 0.787 bits per heavy atom. The van der Waals surface area contributed by atoms with E-state index in [1.165, 1.54) is 5.56 Å². The van der Waals surface area contributed by atoms with Crippen LogP contribution in [0.5, 0.6) is 23.0 Å². The molecule has 1 aliphatic rings. The van der Waals surface area contributed by atoms with Gasteiger partial charge in [0.1, 0.15) is 29.3 Å².